The highest BCUT2D eigenvalue weighted by molar-refractivity contribution is 4.92. The summed E-state index contributed by atoms with van der Waals surface area (Å²) in [5.41, 5.74) is 6.46. The van der Waals surface area contributed by atoms with Crippen molar-refractivity contribution in [3.63, 3.8) is 0 Å². The second-order valence-electron chi connectivity index (χ2n) is 3.21. The lowest BCUT2D eigenvalue weighted by Crippen LogP contribution is -2.42. The topological polar surface area (TPSA) is 32.5 Å². The van der Waals surface area contributed by atoms with Crippen molar-refractivity contribution < 1.29 is 0 Å². The van der Waals surface area contributed by atoms with Crippen LogP contribution in [0.15, 0.2) is 11.9 Å². The van der Waals surface area contributed by atoms with Crippen molar-refractivity contribution in [1.82, 2.24) is 9.80 Å². The molecule has 0 aliphatic carbocycles. The molecule has 0 aromatic heterocycles. The average molecular weight is 155 g/mol. The van der Waals surface area contributed by atoms with Gasteiger partial charge in [-0.25, -0.2) is 0 Å². The maximum Gasteiger partial charge on any atom is 0.0301 e. The van der Waals surface area contributed by atoms with Crippen LogP contribution in [0.5, 0.6) is 0 Å². The molecule has 0 atom stereocenters. The number of likely N-dealkylation sites (N-methyl/N-ethyl adjacent to an activating group) is 1. The number of nitrogens with zero attached hydrogens (tertiary/aromatic N) is 2. The first-order chi connectivity index (χ1) is 5.18. The second kappa shape index (κ2) is 3.62. The quantitative estimate of drug-likeness (QED) is 0.581. The standard InChI is InChI=1S/C8H17N3/c1-8(9)7-11-5-3-10(2)4-6-11/h7H,3-6,9H2,1-2H3/b8-7+. The second-order valence-corrected chi connectivity index (χ2v) is 3.21. The van der Waals surface area contributed by atoms with E-state index in [-0.39, 0.29) is 0 Å². The summed E-state index contributed by atoms with van der Waals surface area (Å²) < 4.78 is 0. The average Bonchev–Trinajstić information content (AvgIpc) is 1.93. The number of hydrogen-bond acceptors (Lipinski definition) is 3. The van der Waals surface area contributed by atoms with Crippen LogP contribution in [0.4, 0.5) is 0 Å². The molecule has 11 heavy (non-hydrogen) atoms. The molecule has 0 spiro atoms. The summed E-state index contributed by atoms with van der Waals surface area (Å²) in [6, 6.07) is 0. The van der Waals surface area contributed by atoms with Crippen molar-refractivity contribution in [2.75, 3.05) is 33.2 Å². The van der Waals surface area contributed by atoms with Crippen molar-refractivity contribution >= 4 is 0 Å². The Labute approximate surface area is 68.5 Å². The van der Waals surface area contributed by atoms with Crippen molar-refractivity contribution in [1.29, 1.82) is 0 Å². The van der Waals surface area contributed by atoms with Gasteiger partial charge < -0.3 is 15.5 Å². The molecular formula is C8H17N3. The molecule has 0 amide bonds. The lowest BCUT2D eigenvalue weighted by atomic mass is 10.3. The van der Waals surface area contributed by atoms with E-state index in [9.17, 15) is 0 Å². The highest BCUT2D eigenvalue weighted by Gasteiger charge is 2.09. The van der Waals surface area contributed by atoms with Crippen LogP contribution in [0.25, 0.3) is 0 Å². The molecule has 1 aliphatic rings. The van der Waals surface area contributed by atoms with Crippen LogP contribution in [-0.4, -0.2) is 43.0 Å². The Hall–Kier alpha value is -0.700. The van der Waals surface area contributed by atoms with Crippen LogP contribution in [0.2, 0.25) is 0 Å². The summed E-state index contributed by atoms with van der Waals surface area (Å²) in [5.74, 6) is 0. The lowest BCUT2D eigenvalue weighted by molar-refractivity contribution is 0.197. The summed E-state index contributed by atoms with van der Waals surface area (Å²) >= 11 is 0. The third-order valence-electron chi connectivity index (χ3n) is 1.92. The van der Waals surface area contributed by atoms with Gasteiger partial charge in [0.05, 0.1) is 0 Å². The Morgan fingerprint density at radius 2 is 1.82 bits per heavy atom. The number of rotatable bonds is 1. The van der Waals surface area contributed by atoms with Gasteiger partial charge in [-0.2, -0.15) is 0 Å². The van der Waals surface area contributed by atoms with Gasteiger partial charge >= 0.3 is 0 Å². The Kier molecular flexibility index (Phi) is 2.76. The highest BCUT2D eigenvalue weighted by Crippen LogP contribution is 2.00. The van der Waals surface area contributed by atoms with Crippen LogP contribution in [0.3, 0.4) is 0 Å². The van der Waals surface area contributed by atoms with Gasteiger partial charge in [0.1, 0.15) is 0 Å². The minimum atomic E-state index is 0.898. The summed E-state index contributed by atoms with van der Waals surface area (Å²) in [7, 11) is 2.15. The molecule has 64 valence electrons. The molecule has 0 aromatic rings. The van der Waals surface area contributed by atoms with E-state index in [0.717, 1.165) is 31.9 Å². The highest BCUT2D eigenvalue weighted by atomic mass is 15.2. The molecule has 1 heterocycles. The predicted molar refractivity (Wildman–Crippen MR) is 47.0 cm³/mol. The summed E-state index contributed by atoms with van der Waals surface area (Å²) in [6.45, 7) is 6.42. The minimum Gasteiger partial charge on any atom is -0.401 e. The third-order valence-corrected chi connectivity index (χ3v) is 1.92. The van der Waals surface area contributed by atoms with Gasteiger partial charge in [0.25, 0.3) is 0 Å². The van der Waals surface area contributed by atoms with Gasteiger partial charge in [0.2, 0.25) is 0 Å². The maximum absolute atomic E-state index is 5.56. The first kappa shape index (κ1) is 8.40. The van der Waals surface area contributed by atoms with E-state index in [2.05, 4.69) is 16.8 Å². The first-order valence-corrected chi connectivity index (χ1v) is 4.05. The molecule has 0 aromatic carbocycles. The van der Waals surface area contributed by atoms with Gasteiger partial charge in [0, 0.05) is 38.1 Å². The normalized spacial score (nSPS) is 22.4. The first-order valence-electron chi connectivity index (χ1n) is 4.05. The molecule has 1 saturated heterocycles. The molecule has 1 fully saturated rings. The number of nitrogens with two attached hydrogens (primary N) is 1. The van der Waals surface area contributed by atoms with E-state index in [4.69, 9.17) is 5.73 Å². The predicted octanol–water partition coefficient (Wildman–Crippen LogP) is 0.0538. The summed E-state index contributed by atoms with van der Waals surface area (Å²) in [5, 5.41) is 0. The Morgan fingerprint density at radius 3 is 2.27 bits per heavy atom. The molecule has 0 unspecified atom stereocenters. The lowest BCUT2D eigenvalue weighted by Gasteiger charge is -2.31. The molecule has 1 rings (SSSR count). The number of piperazine rings is 1. The Morgan fingerprint density at radius 1 is 1.27 bits per heavy atom. The molecule has 0 radical (unpaired) electrons. The van der Waals surface area contributed by atoms with Crippen molar-refractivity contribution in [2.24, 2.45) is 5.73 Å². The van der Waals surface area contributed by atoms with E-state index in [0.29, 0.717) is 0 Å². The van der Waals surface area contributed by atoms with E-state index < -0.39 is 0 Å². The molecule has 2 N–H and O–H groups in total. The van der Waals surface area contributed by atoms with E-state index in [1.165, 1.54) is 0 Å². The molecule has 3 heteroatoms. The molecule has 3 nitrogen and oxygen atoms in total. The van der Waals surface area contributed by atoms with Crippen molar-refractivity contribution in [3.8, 4) is 0 Å². The fraction of sp³-hybridized carbons (Fsp3) is 0.750. The van der Waals surface area contributed by atoms with Crippen LogP contribution in [0, 0.1) is 0 Å². The molecular weight excluding hydrogens is 138 g/mol. The number of hydrogen-bond donors (Lipinski definition) is 1. The van der Waals surface area contributed by atoms with Gasteiger partial charge in [0.15, 0.2) is 0 Å². The Balaban J connectivity index is 2.34. The molecule has 0 bridgehead atoms. The van der Waals surface area contributed by atoms with E-state index in [1.54, 1.807) is 0 Å². The summed E-state index contributed by atoms with van der Waals surface area (Å²) in [4.78, 5) is 4.60. The van der Waals surface area contributed by atoms with Crippen LogP contribution in [-0.2, 0) is 0 Å². The fourth-order valence-corrected chi connectivity index (χ4v) is 1.24. The van der Waals surface area contributed by atoms with Gasteiger partial charge in [-0.3, -0.25) is 0 Å². The minimum absolute atomic E-state index is 0.898. The smallest absolute Gasteiger partial charge is 0.0301 e. The van der Waals surface area contributed by atoms with Crippen molar-refractivity contribution in [2.45, 2.75) is 6.92 Å². The van der Waals surface area contributed by atoms with Gasteiger partial charge in [-0.15, -0.1) is 0 Å². The van der Waals surface area contributed by atoms with Gasteiger partial charge in [-0.1, -0.05) is 0 Å². The fourth-order valence-electron chi connectivity index (χ4n) is 1.24. The zero-order valence-electron chi connectivity index (χ0n) is 7.38. The van der Waals surface area contributed by atoms with Crippen LogP contribution < -0.4 is 5.73 Å². The molecule has 1 aliphatic heterocycles. The van der Waals surface area contributed by atoms with Crippen molar-refractivity contribution in [3.05, 3.63) is 11.9 Å². The molecule has 0 saturated carbocycles. The van der Waals surface area contributed by atoms with E-state index in [1.807, 2.05) is 13.1 Å². The number of allylic oxidation sites excluding steroid dienone is 1. The Bertz CT molecular complexity index is 141. The van der Waals surface area contributed by atoms with Crippen LogP contribution in [0.1, 0.15) is 6.92 Å². The third kappa shape index (κ3) is 2.80. The summed E-state index contributed by atoms with van der Waals surface area (Å²) in [6.07, 6.45) is 2.03. The van der Waals surface area contributed by atoms with Gasteiger partial charge in [-0.05, 0) is 14.0 Å². The monoisotopic (exact) mass is 155 g/mol. The zero-order valence-corrected chi connectivity index (χ0v) is 7.38. The van der Waals surface area contributed by atoms with Crippen LogP contribution >= 0.6 is 0 Å². The zero-order chi connectivity index (χ0) is 8.27. The SMILES string of the molecule is C/C(N)=C\N1CCN(C)CC1. The largest absolute Gasteiger partial charge is 0.401 e. The van der Waals surface area contributed by atoms with E-state index >= 15 is 0 Å². The maximum atomic E-state index is 5.56.